The van der Waals surface area contributed by atoms with Crippen molar-refractivity contribution in [1.29, 1.82) is 0 Å². The third-order valence-corrected chi connectivity index (χ3v) is 2.84. The van der Waals surface area contributed by atoms with Gasteiger partial charge in [0.25, 0.3) is 0 Å². The van der Waals surface area contributed by atoms with Crippen LogP contribution in [0, 0.1) is 5.82 Å². The van der Waals surface area contributed by atoms with E-state index in [0.717, 1.165) is 0 Å². The van der Waals surface area contributed by atoms with E-state index in [1.54, 1.807) is 17.1 Å². The molecule has 2 rings (SSSR count). The first-order chi connectivity index (χ1) is 7.20. The largest absolute Gasteiger partial charge is 0.328 e. The molecule has 0 bridgehead atoms. The molecule has 0 saturated carbocycles. The van der Waals surface area contributed by atoms with Crippen LogP contribution in [0.3, 0.4) is 0 Å². The molecule has 0 radical (unpaired) electrons. The topological polar surface area (TPSA) is 50.5 Å². The molecule has 3 N–H and O–H groups in total. The fraction of sp³-hybridized carbons (Fsp3) is 0.333. The zero-order chi connectivity index (χ0) is 10.8. The van der Waals surface area contributed by atoms with Crippen LogP contribution in [-0.2, 0) is 4.84 Å². The summed E-state index contributed by atoms with van der Waals surface area (Å²) in [5.74, 6) is -0.300. The quantitative estimate of drug-likeness (QED) is 0.851. The third kappa shape index (κ3) is 2.28. The first kappa shape index (κ1) is 10.8. The maximum absolute atomic E-state index is 13.2. The predicted octanol–water partition coefficient (Wildman–Crippen LogP) is 1.17. The van der Waals surface area contributed by atoms with Gasteiger partial charge >= 0.3 is 0 Å². The molecule has 15 heavy (non-hydrogen) atoms. The van der Waals surface area contributed by atoms with Crippen LogP contribution in [0.15, 0.2) is 22.7 Å². The number of nitrogens with one attached hydrogen (secondary N) is 1. The summed E-state index contributed by atoms with van der Waals surface area (Å²) in [6.45, 7) is 1.04. The van der Waals surface area contributed by atoms with E-state index in [2.05, 4.69) is 21.5 Å². The lowest BCUT2D eigenvalue weighted by Gasteiger charge is -2.15. The predicted molar refractivity (Wildman–Crippen MR) is 58.5 cm³/mol. The molecule has 1 unspecified atom stereocenters. The zero-order valence-electron chi connectivity index (χ0n) is 7.91. The standard InChI is InChI=1S/C9H11BrFN3O/c10-8-2-1-6(3-9(8)11)14-5-7(4-12)15-13-14/h1-3,7,13H,4-5,12H2. The summed E-state index contributed by atoms with van der Waals surface area (Å²) in [6.07, 6.45) is -0.0586. The van der Waals surface area contributed by atoms with Crippen LogP contribution in [0.4, 0.5) is 10.1 Å². The SMILES string of the molecule is NCC1CN(c2ccc(Br)c(F)c2)NO1. The number of anilines is 1. The molecule has 0 spiro atoms. The molecule has 1 heterocycles. The molecule has 0 amide bonds. The Hall–Kier alpha value is -0.690. The molecular formula is C9H11BrFN3O. The molecule has 0 aromatic heterocycles. The molecule has 1 fully saturated rings. The van der Waals surface area contributed by atoms with Gasteiger partial charge in [0.15, 0.2) is 0 Å². The van der Waals surface area contributed by atoms with Crippen molar-refractivity contribution >= 4 is 21.6 Å². The zero-order valence-corrected chi connectivity index (χ0v) is 9.50. The van der Waals surface area contributed by atoms with Gasteiger partial charge in [-0.25, -0.2) is 4.39 Å². The van der Waals surface area contributed by atoms with Gasteiger partial charge in [-0.2, -0.15) is 0 Å². The lowest BCUT2D eigenvalue weighted by Crippen LogP contribution is -2.30. The van der Waals surface area contributed by atoms with Gasteiger partial charge in [-0.1, -0.05) is 0 Å². The second-order valence-corrected chi connectivity index (χ2v) is 4.13. The summed E-state index contributed by atoms with van der Waals surface area (Å²) in [5, 5.41) is 1.72. The number of nitrogens with zero attached hydrogens (tertiary/aromatic N) is 1. The lowest BCUT2D eigenvalue weighted by atomic mass is 10.3. The summed E-state index contributed by atoms with van der Waals surface area (Å²) in [5.41, 5.74) is 8.86. The van der Waals surface area contributed by atoms with Gasteiger partial charge in [-0.15, -0.1) is 5.59 Å². The number of rotatable bonds is 2. The highest BCUT2D eigenvalue weighted by Gasteiger charge is 2.22. The van der Waals surface area contributed by atoms with E-state index in [1.165, 1.54) is 6.07 Å². The molecule has 1 aliphatic rings. The average molecular weight is 276 g/mol. The minimum Gasteiger partial charge on any atom is -0.328 e. The van der Waals surface area contributed by atoms with Crippen molar-refractivity contribution in [2.75, 3.05) is 18.1 Å². The smallest absolute Gasteiger partial charge is 0.139 e. The van der Waals surface area contributed by atoms with E-state index in [-0.39, 0.29) is 11.9 Å². The molecule has 6 heteroatoms. The number of halogens is 2. The highest BCUT2D eigenvalue weighted by Crippen LogP contribution is 2.23. The summed E-state index contributed by atoms with van der Waals surface area (Å²) in [7, 11) is 0. The van der Waals surface area contributed by atoms with Gasteiger partial charge < -0.3 is 5.73 Å². The number of hydrazine groups is 1. The van der Waals surface area contributed by atoms with Gasteiger partial charge in [-0.05, 0) is 34.1 Å². The number of hydrogen-bond donors (Lipinski definition) is 2. The van der Waals surface area contributed by atoms with Gasteiger partial charge in [-0.3, -0.25) is 9.85 Å². The summed E-state index contributed by atoms with van der Waals surface area (Å²) in [4.78, 5) is 5.16. The summed E-state index contributed by atoms with van der Waals surface area (Å²) >= 11 is 3.10. The van der Waals surface area contributed by atoms with Gasteiger partial charge in [0.2, 0.25) is 0 Å². The Kier molecular flexibility index (Phi) is 3.20. The van der Waals surface area contributed by atoms with E-state index < -0.39 is 0 Å². The van der Waals surface area contributed by atoms with Gasteiger partial charge in [0.05, 0.1) is 16.7 Å². The lowest BCUT2D eigenvalue weighted by molar-refractivity contribution is 0.0392. The molecule has 4 nitrogen and oxygen atoms in total. The second kappa shape index (κ2) is 4.44. The molecular weight excluding hydrogens is 265 g/mol. The Bertz CT molecular complexity index is 363. The van der Waals surface area contributed by atoms with Crippen LogP contribution in [0.5, 0.6) is 0 Å². The third-order valence-electron chi connectivity index (χ3n) is 2.19. The molecule has 1 saturated heterocycles. The fourth-order valence-electron chi connectivity index (χ4n) is 1.35. The Balaban J connectivity index is 2.13. The van der Waals surface area contributed by atoms with E-state index >= 15 is 0 Å². The maximum atomic E-state index is 13.2. The van der Waals surface area contributed by atoms with Crippen molar-refractivity contribution in [2.24, 2.45) is 5.73 Å². The summed E-state index contributed by atoms with van der Waals surface area (Å²) in [6, 6.07) is 4.88. The summed E-state index contributed by atoms with van der Waals surface area (Å²) < 4.78 is 13.7. The molecule has 1 aromatic rings. The van der Waals surface area contributed by atoms with Crippen LogP contribution >= 0.6 is 15.9 Å². The number of benzene rings is 1. The van der Waals surface area contributed by atoms with Crippen molar-refractivity contribution in [3.05, 3.63) is 28.5 Å². The van der Waals surface area contributed by atoms with E-state index in [1.807, 2.05) is 0 Å². The average Bonchev–Trinajstić information content (AvgIpc) is 2.70. The van der Waals surface area contributed by atoms with Crippen LogP contribution in [0.25, 0.3) is 0 Å². The van der Waals surface area contributed by atoms with Crippen molar-refractivity contribution < 1.29 is 9.23 Å². The van der Waals surface area contributed by atoms with Crippen LogP contribution < -0.4 is 16.3 Å². The minimum atomic E-state index is -0.300. The van der Waals surface area contributed by atoms with Crippen molar-refractivity contribution in [3.8, 4) is 0 Å². The Morgan fingerprint density at radius 1 is 1.67 bits per heavy atom. The molecule has 1 aromatic carbocycles. The van der Waals surface area contributed by atoms with Crippen LogP contribution in [0.2, 0.25) is 0 Å². The maximum Gasteiger partial charge on any atom is 0.139 e. The highest BCUT2D eigenvalue weighted by molar-refractivity contribution is 9.10. The van der Waals surface area contributed by atoms with Crippen molar-refractivity contribution in [3.63, 3.8) is 0 Å². The Morgan fingerprint density at radius 2 is 2.47 bits per heavy atom. The van der Waals surface area contributed by atoms with E-state index in [4.69, 9.17) is 10.6 Å². The second-order valence-electron chi connectivity index (χ2n) is 3.28. The normalized spacial score (nSPS) is 21.0. The molecule has 82 valence electrons. The Labute approximate surface area is 95.2 Å². The Morgan fingerprint density at radius 3 is 3.07 bits per heavy atom. The van der Waals surface area contributed by atoms with Gasteiger partial charge in [0, 0.05) is 6.54 Å². The number of hydrogen-bond acceptors (Lipinski definition) is 4. The van der Waals surface area contributed by atoms with Crippen molar-refractivity contribution in [1.82, 2.24) is 5.59 Å². The van der Waals surface area contributed by atoms with Crippen LogP contribution in [0.1, 0.15) is 0 Å². The molecule has 1 aliphatic heterocycles. The van der Waals surface area contributed by atoms with Crippen LogP contribution in [-0.4, -0.2) is 19.2 Å². The monoisotopic (exact) mass is 275 g/mol. The van der Waals surface area contributed by atoms with Crippen molar-refractivity contribution in [2.45, 2.75) is 6.10 Å². The first-order valence-electron chi connectivity index (χ1n) is 4.54. The van der Waals surface area contributed by atoms with E-state index in [9.17, 15) is 4.39 Å². The molecule has 1 atom stereocenters. The molecule has 0 aliphatic carbocycles. The first-order valence-corrected chi connectivity index (χ1v) is 5.34. The van der Waals surface area contributed by atoms with Gasteiger partial charge in [0.1, 0.15) is 11.9 Å². The van der Waals surface area contributed by atoms with E-state index in [0.29, 0.717) is 23.2 Å². The number of nitrogens with two attached hydrogens (primary N) is 1. The minimum absolute atomic E-state index is 0.0586. The highest BCUT2D eigenvalue weighted by atomic mass is 79.9. The fourth-order valence-corrected chi connectivity index (χ4v) is 1.60.